The Hall–Kier alpha value is -2.58. The molecule has 0 radical (unpaired) electrons. The average molecular weight is 368 g/mol. The number of thiazole rings is 1. The molecule has 1 N–H and O–H groups in total. The van der Waals surface area contributed by atoms with E-state index in [1.807, 2.05) is 19.9 Å². The van der Waals surface area contributed by atoms with Crippen molar-refractivity contribution in [2.24, 2.45) is 0 Å². The van der Waals surface area contributed by atoms with Gasteiger partial charge in [0.25, 0.3) is 5.91 Å². The number of hydrogen-bond acceptors (Lipinski definition) is 6. The number of rotatable bonds is 3. The van der Waals surface area contributed by atoms with Crippen LogP contribution >= 0.6 is 11.3 Å². The Bertz CT molecular complexity index is 959. The lowest BCUT2D eigenvalue weighted by molar-refractivity contribution is 0.102. The molecule has 134 valence electrons. The summed E-state index contributed by atoms with van der Waals surface area (Å²) in [5.74, 6) is 0.497. The molecule has 0 bridgehead atoms. The van der Waals surface area contributed by atoms with Crippen molar-refractivity contribution in [2.75, 3.05) is 18.9 Å². The summed E-state index contributed by atoms with van der Waals surface area (Å²) in [5, 5.41) is 7.95. The Morgan fingerprint density at radius 1 is 1.31 bits per heavy atom. The molecule has 0 atom stereocenters. The summed E-state index contributed by atoms with van der Waals surface area (Å²) in [6, 6.07) is 5.55. The summed E-state index contributed by atoms with van der Waals surface area (Å²) < 4.78 is 1.77. The molecule has 8 heteroatoms. The van der Waals surface area contributed by atoms with Gasteiger partial charge < -0.3 is 4.90 Å². The van der Waals surface area contributed by atoms with Crippen molar-refractivity contribution >= 4 is 22.4 Å². The summed E-state index contributed by atoms with van der Waals surface area (Å²) in [5.41, 5.74) is 3.54. The second kappa shape index (κ2) is 6.62. The number of pyridine rings is 1. The van der Waals surface area contributed by atoms with Gasteiger partial charge in [0.15, 0.2) is 10.9 Å². The summed E-state index contributed by atoms with van der Waals surface area (Å²) in [6.07, 6.45) is 2.50. The van der Waals surface area contributed by atoms with E-state index in [9.17, 15) is 4.79 Å². The van der Waals surface area contributed by atoms with Crippen LogP contribution in [0.25, 0.3) is 5.82 Å². The predicted octanol–water partition coefficient (Wildman–Crippen LogP) is 2.58. The molecule has 0 aromatic carbocycles. The Kier molecular flexibility index (Phi) is 4.29. The lowest BCUT2D eigenvalue weighted by atomic mass is 10.2. The number of nitrogens with zero attached hydrogens (tertiary/aromatic N) is 5. The second-order valence-corrected chi connectivity index (χ2v) is 7.66. The van der Waals surface area contributed by atoms with E-state index < -0.39 is 0 Å². The quantitative estimate of drug-likeness (QED) is 0.769. The monoisotopic (exact) mass is 368 g/mol. The maximum absolute atomic E-state index is 12.5. The number of fused-ring (bicyclic) bond motifs is 1. The van der Waals surface area contributed by atoms with Gasteiger partial charge in [0.05, 0.1) is 17.0 Å². The molecular formula is C18H20N6OS. The van der Waals surface area contributed by atoms with Crippen molar-refractivity contribution in [1.82, 2.24) is 24.6 Å². The van der Waals surface area contributed by atoms with Crippen LogP contribution in [-0.2, 0) is 13.0 Å². The molecule has 0 saturated carbocycles. The molecule has 3 aromatic heterocycles. The average Bonchev–Trinajstić information content (AvgIpc) is 3.16. The van der Waals surface area contributed by atoms with Gasteiger partial charge in [-0.05, 0) is 39.1 Å². The number of aromatic nitrogens is 4. The van der Waals surface area contributed by atoms with Crippen molar-refractivity contribution in [2.45, 2.75) is 26.8 Å². The standard InChI is InChI=1S/C18H20N6OS/c1-11-8-12(2)24(22-11)16-5-4-13(9-19-16)17(25)21-18-20-14-6-7-23(3)10-15(14)26-18/h4-5,8-9H,6-7,10H2,1-3H3,(H,20,21,25). The molecule has 0 spiro atoms. The van der Waals surface area contributed by atoms with Crippen molar-refractivity contribution in [3.8, 4) is 5.82 Å². The van der Waals surface area contributed by atoms with E-state index in [0.29, 0.717) is 16.5 Å². The Morgan fingerprint density at radius 2 is 2.15 bits per heavy atom. The van der Waals surface area contributed by atoms with E-state index in [1.165, 1.54) is 4.88 Å². The van der Waals surface area contributed by atoms with Crippen LogP contribution in [0.2, 0.25) is 0 Å². The molecule has 3 aromatic rings. The highest BCUT2D eigenvalue weighted by Crippen LogP contribution is 2.28. The molecule has 1 aliphatic heterocycles. The molecule has 4 heterocycles. The normalized spacial score (nSPS) is 14.3. The lowest BCUT2D eigenvalue weighted by Gasteiger charge is -2.20. The molecular weight excluding hydrogens is 348 g/mol. The van der Waals surface area contributed by atoms with E-state index in [1.54, 1.807) is 34.3 Å². The molecule has 0 fully saturated rings. The van der Waals surface area contributed by atoms with Gasteiger partial charge in [0.1, 0.15) is 0 Å². The Balaban J connectivity index is 1.49. The maximum atomic E-state index is 12.5. The molecule has 4 rings (SSSR count). The number of anilines is 1. The molecule has 1 aliphatic rings. The SMILES string of the molecule is Cc1cc(C)n(-c2ccc(C(=O)Nc3nc4c(s3)CN(C)CC4)cn2)n1. The van der Waals surface area contributed by atoms with E-state index in [4.69, 9.17) is 0 Å². The van der Waals surface area contributed by atoms with E-state index in [-0.39, 0.29) is 5.91 Å². The van der Waals surface area contributed by atoms with E-state index >= 15 is 0 Å². The van der Waals surface area contributed by atoms with Gasteiger partial charge in [0.2, 0.25) is 0 Å². The zero-order valence-electron chi connectivity index (χ0n) is 15.0. The highest BCUT2D eigenvalue weighted by Gasteiger charge is 2.19. The van der Waals surface area contributed by atoms with Crippen LogP contribution in [0.4, 0.5) is 5.13 Å². The fraction of sp³-hybridized carbons (Fsp3) is 0.333. The van der Waals surface area contributed by atoms with Crippen LogP contribution in [0.3, 0.4) is 0 Å². The van der Waals surface area contributed by atoms with Gasteiger partial charge >= 0.3 is 0 Å². The van der Waals surface area contributed by atoms with Crippen LogP contribution in [-0.4, -0.2) is 44.1 Å². The fourth-order valence-electron chi connectivity index (χ4n) is 3.05. The van der Waals surface area contributed by atoms with Gasteiger partial charge in [-0.2, -0.15) is 5.10 Å². The number of aryl methyl sites for hydroxylation is 2. The highest BCUT2D eigenvalue weighted by molar-refractivity contribution is 7.15. The first-order valence-corrected chi connectivity index (χ1v) is 9.29. The third-order valence-electron chi connectivity index (χ3n) is 4.38. The second-order valence-electron chi connectivity index (χ2n) is 6.57. The molecule has 0 unspecified atom stereocenters. The first kappa shape index (κ1) is 16.9. The Morgan fingerprint density at radius 3 is 2.85 bits per heavy atom. The third-order valence-corrected chi connectivity index (χ3v) is 5.38. The van der Waals surface area contributed by atoms with Gasteiger partial charge in [0, 0.05) is 36.3 Å². The zero-order valence-corrected chi connectivity index (χ0v) is 15.8. The number of nitrogens with one attached hydrogen (secondary N) is 1. The maximum Gasteiger partial charge on any atom is 0.259 e. The van der Waals surface area contributed by atoms with Gasteiger partial charge in [-0.3, -0.25) is 10.1 Å². The largest absolute Gasteiger partial charge is 0.301 e. The number of carbonyl (C=O) groups is 1. The van der Waals surface area contributed by atoms with Crippen molar-refractivity contribution in [1.29, 1.82) is 0 Å². The third kappa shape index (κ3) is 3.25. The van der Waals surface area contributed by atoms with Crippen LogP contribution in [0.5, 0.6) is 0 Å². The van der Waals surface area contributed by atoms with Gasteiger partial charge in [-0.15, -0.1) is 11.3 Å². The van der Waals surface area contributed by atoms with E-state index in [0.717, 1.165) is 36.6 Å². The molecule has 7 nitrogen and oxygen atoms in total. The van der Waals surface area contributed by atoms with Crippen LogP contribution in [0.1, 0.15) is 32.3 Å². The van der Waals surface area contributed by atoms with Crippen molar-refractivity contribution in [3.63, 3.8) is 0 Å². The first-order valence-electron chi connectivity index (χ1n) is 8.48. The minimum Gasteiger partial charge on any atom is -0.301 e. The van der Waals surface area contributed by atoms with Crippen molar-refractivity contribution < 1.29 is 4.79 Å². The lowest BCUT2D eigenvalue weighted by Crippen LogP contribution is -2.25. The van der Waals surface area contributed by atoms with Gasteiger partial charge in [-0.25, -0.2) is 14.6 Å². The van der Waals surface area contributed by atoms with Crippen LogP contribution in [0.15, 0.2) is 24.4 Å². The number of likely N-dealkylation sites (N-methyl/N-ethyl adjacent to an activating group) is 1. The first-order chi connectivity index (χ1) is 12.5. The summed E-state index contributed by atoms with van der Waals surface area (Å²) >= 11 is 1.55. The molecule has 0 saturated heterocycles. The summed E-state index contributed by atoms with van der Waals surface area (Å²) in [6.45, 7) is 5.81. The van der Waals surface area contributed by atoms with Crippen LogP contribution < -0.4 is 5.32 Å². The summed E-state index contributed by atoms with van der Waals surface area (Å²) in [7, 11) is 2.09. The van der Waals surface area contributed by atoms with Gasteiger partial charge in [-0.1, -0.05) is 0 Å². The predicted molar refractivity (Wildman–Crippen MR) is 101 cm³/mol. The van der Waals surface area contributed by atoms with Crippen LogP contribution in [0, 0.1) is 13.8 Å². The Labute approximate surface area is 155 Å². The van der Waals surface area contributed by atoms with Crippen molar-refractivity contribution in [3.05, 3.63) is 51.9 Å². The number of amides is 1. The summed E-state index contributed by atoms with van der Waals surface area (Å²) in [4.78, 5) is 24.9. The zero-order chi connectivity index (χ0) is 18.3. The minimum absolute atomic E-state index is 0.197. The highest BCUT2D eigenvalue weighted by atomic mass is 32.1. The number of carbonyl (C=O) groups excluding carboxylic acids is 1. The molecule has 26 heavy (non-hydrogen) atoms. The molecule has 0 aliphatic carbocycles. The minimum atomic E-state index is -0.197. The molecule has 1 amide bonds. The number of hydrogen-bond donors (Lipinski definition) is 1. The van der Waals surface area contributed by atoms with E-state index in [2.05, 4.69) is 32.3 Å². The fourth-order valence-corrected chi connectivity index (χ4v) is 4.14. The topological polar surface area (TPSA) is 75.9 Å². The smallest absolute Gasteiger partial charge is 0.259 e.